The van der Waals surface area contributed by atoms with E-state index < -0.39 is 5.60 Å². The molecular formula is C18H32N2O4. The minimum Gasteiger partial charge on any atom is -0.466 e. The highest BCUT2D eigenvalue weighted by Gasteiger charge is 2.33. The second-order valence-corrected chi connectivity index (χ2v) is 7.89. The molecule has 1 amide bonds. The summed E-state index contributed by atoms with van der Waals surface area (Å²) in [5.74, 6) is -0.0506. The molecule has 0 aromatic rings. The molecule has 0 spiro atoms. The summed E-state index contributed by atoms with van der Waals surface area (Å²) in [5, 5.41) is 3.64. The van der Waals surface area contributed by atoms with E-state index in [4.69, 9.17) is 9.47 Å². The molecule has 1 aliphatic heterocycles. The molecule has 3 atom stereocenters. The number of rotatable bonds is 4. The van der Waals surface area contributed by atoms with Crippen molar-refractivity contribution in [3.8, 4) is 0 Å². The fourth-order valence-corrected chi connectivity index (χ4v) is 3.54. The second-order valence-electron chi connectivity index (χ2n) is 7.89. The number of nitrogens with zero attached hydrogens (tertiary/aromatic N) is 1. The second kappa shape index (κ2) is 8.19. The Labute approximate surface area is 145 Å². The predicted molar refractivity (Wildman–Crippen MR) is 91.7 cm³/mol. The Bertz CT molecular complexity index is 447. The molecule has 0 aromatic carbocycles. The van der Waals surface area contributed by atoms with E-state index in [0.717, 1.165) is 38.6 Å². The van der Waals surface area contributed by atoms with E-state index in [1.54, 1.807) is 4.90 Å². The smallest absolute Gasteiger partial charge is 0.410 e. The molecule has 6 heteroatoms. The third kappa shape index (κ3) is 5.65. The zero-order chi connectivity index (χ0) is 17.7. The van der Waals surface area contributed by atoms with Crippen LogP contribution in [0.25, 0.3) is 0 Å². The Morgan fingerprint density at radius 3 is 2.58 bits per heavy atom. The molecule has 2 aliphatic rings. The Kier molecular flexibility index (Phi) is 6.49. The molecule has 24 heavy (non-hydrogen) atoms. The number of nitrogens with one attached hydrogen (secondary N) is 1. The largest absolute Gasteiger partial charge is 0.466 e. The van der Waals surface area contributed by atoms with Gasteiger partial charge >= 0.3 is 12.1 Å². The predicted octanol–water partition coefficient (Wildman–Crippen LogP) is 2.71. The third-order valence-electron chi connectivity index (χ3n) is 4.61. The maximum atomic E-state index is 12.1. The van der Waals surface area contributed by atoms with Crippen LogP contribution in [0.15, 0.2) is 0 Å². The molecule has 2 rings (SSSR count). The SMILES string of the molecule is CCOC(=O)C1CCCC(NC2CCN(C(=O)OC(C)(C)C)C2)C1. The quantitative estimate of drug-likeness (QED) is 0.797. The lowest BCUT2D eigenvalue weighted by molar-refractivity contribution is -0.149. The van der Waals surface area contributed by atoms with Crippen LogP contribution < -0.4 is 5.32 Å². The average Bonchev–Trinajstić information content (AvgIpc) is 2.95. The molecule has 0 bridgehead atoms. The van der Waals surface area contributed by atoms with Gasteiger partial charge in [-0.1, -0.05) is 6.42 Å². The Hall–Kier alpha value is -1.30. The average molecular weight is 340 g/mol. The van der Waals surface area contributed by atoms with E-state index in [0.29, 0.717) is 19.2 Å². The number of carbonyl (C=O) groups excluding carboxylic acids is 2. The van der Waals surface area contributed by atoms with Crippen molar-refractivity contribution in [1.82, 2.24) is 10.2 Å². The highest BCUT2D eigenvalue weighted by atomic mass is 16.6. The molecule has 1 aliphatic carbocycles. The van der Waals surface area contributed by atoms with Crippen molar-refractivity contribution >= 4 is 12.1 Å². The van der Waals surface area contributed by atoms with Crippen LogP contribution in [-0.4, -0.2) is 54.3 Å². The molecule has 138 valence electrons. The van der Waals surface area contributed by atoms with Crippen molar-refractivity contribution in [2.45, 2.75) is 77.5 Å². The molecule has 1 saturated heterocycles. The first-order chi connectivity index (χ1) is 11.3. The standard InChI is InChI=1S/C18H32N2O4/c1-5-23-16(21)13-7-6-8-14(11-13)19-15-9-10-20(12-15)17(22)24-18(2,3)4/h13-15,19H,5-12H2,1-4H3. The summed E-state index contributed by atoms with van der Waals surface area (Å²) in [6, 6.07) is 0.611. The van der Waals surface area contributed by atoms with Crippen molar-refractivity contribution in [3.63, 3.8) is 0 Å². The third-order valence-corrected chi connectivity index (χ3v) is 4.61. The fourth-order valence-electron chi connectivity index (χ4n) is 3.54. The van der Waals surface area contributed by atoms with Gasteiger partial charge in [0.05, 0.1) is 12.5 Å². The van der Waals surface area contributed by atoms with Gasteiger partial charge in [-0.05, 0) is 53.4 Å². The Balaban J connectivity index is 1.78. The zero-order valence-electron chi connectivity index (χ0n) is 15.5. The van der Waals surface area contributed by atoms with Crippen LogP contribution in [0, 0.1) is 5.92 Å². The Morgan fingerprint density at radius 2 is 1.92 bits per heavy atom. The Morgan fingerprint density at radius 1 is 1.17 bits per heavy atom. The lowest BCUT2D eigenvalue weighted by atomic mass is 9.85. The van der Waals surface area contributed by atoms with Crippen LogP contribution in [0.2, 0.25) is 0 Å². The van der Waals surface area contributed by atoms with Crippen LogP contribution >= 0.6 is 0 Å². The van der Waals surface area contributed by atoms with Crippen molar-refractivity contribution < 1.29 is 19.1 Å². The maximum absolute atomic E-state index is 12.1. The number of esters is 1. The van der Waals surface area contributed by atoms with E-state index in [9.17, 15) is 9.59 Å². The number of carbonyl (C=O) groups is 2. The summed E-state index contributed by atoms with van der Waals surface area (Å²) in [5.41, 5.74) is -0.459. The van der Waals surface area contributed by atoms with Crippen molar-refractivity contribution in [3.05, 3.63) is 0 Å². The summed E-state index contributed by atoms with van der Waals surface area (Å²) in [4.78, 5) is 25.8. The monoisotopic (exact) mass is 340 g/mol. The van der Waals surface area contributed by atoms with Crippen LogP contribution in [0.4, 0.5) is 4.79 Å². The van der Waals surface area contributed by atoms with E-state index >= 15 is 0 Å². The van der Waals surface area contributed by atoms with Crippen LogP contribution in [0.1, 0.15) is 59.8 Å². The molecule has 6 nitrogen and oxygen atoms in total. The summed E-state index contributed by atoms with van der Waals surface area (Å²) < 4.78 is 10.6. The van der Waals surface area contributed by atoms with E-state index in [1.165, 1.54) is 0 Å². The molecular weight excluding hydrogens is 308 g/mol. The summed E-state index contributed by atoms with van der Waals surface area (Å²) >= 11 is 0. The molecule has 0 aromatic heterocycles. The van der Waals surface area contributed by atoms with Gasteiger partial charge in [-0.2, -0.15) is 0 Å². The first-order valence-electron chi connectivity index (χ1n) is 9.19. The molecule has 3 unspecified atom stereocenters. The number of hydrogen-bond donors (Lipinski definition) is 1. The first kappa shape index (κ1) is 19.0. The minimum atomic E-state index is -0.459. The maximum Gasteiger partial charge on any atom is 0.410 e. The van der Waals surface area contributed by atoms with Gasteiger partial charge < -0.3 is 19.7 Å². The highest BCUT2D eigenvalue weighted by molar-refractivity contribution is 5.72. The van der Waals surface area contributed by atoms with Crippen LogP contribution in [-0.2, 0) is 14.3 Å². The fraction of sp³-hybridized carbons (Fsp3) is 0.889. The first-order valence-corrected chi connectivity index (χ1v) is 9.19. The van der Waals surface area contributed by atoms with E-state index in [1.807, 2.05) is 27.7 Å². The summed E-state index contributed by atoms with van der Waals surface area (Å²) in [6.07, 6.45) is 4.58. The number of amides is 1. The number of hydrogen-bond acceptors (Lipinski definition) is 5. The lowest BCUT2D eigenvalue weighted by Gasteiger charge is -2.31. The van der Waals surface area contributed by atoms with Gasteiger partial charge in [-0.25, -0.2) is 4.79 Å². The van der Waals surface area contributed by atoms with Crippen molar-refractivity contribution in [2.24, 2.45) is 5.92 Å². The molecule has 1 saturated carbocycles. The molecule has 1 N–H and O–H groups in total. The van der Waals surface area contributed by atoms with E-state index in [-0.39, 0.29) is 24.0 Å². The zero-order valence-corrected chi connectivity index (χ0v) is 15.5. The molecule has 1 heterocycles. The van der Waals surface area contributed by atoms with Gasteiger partial charge in [0.15, 0.2) is 0 Å². The van der Waals surface area contributed by atoms with Gasteiger partial charge in [0, 0.05) is 25.2 Å². The van der Waals surface area contributed by atoms with Gasteiger partial charge in [-0.3, -0.25) is 4.79 Å². The lowest BCUT2D eigenvalue weighted by Crippen LogP contribution is -2.44. The number of ether oxygens (including phenoxy) is 2. The van der Waals surface area contributed by atoms with Gasteiger partial charge in [0.2, 0.25) is 0 Å². The van der Waals surface area contributed by atoms with Gasteiger partial charge in [0.1, 0.15) is 5.60 Å². The van der Waals surface area contributed by atoms with E-state index in [2.05, 4.69) is 5.32 Å². The summed E-state index contributed by atoms with van der Waals surface area (Å²) in [6.45, 7) is 9.34. The highest BCUT2D eigenvalue weighted by Crippen LogP contribution is 2.26. The normalized spacial score (nSPS) is 27.8. The van der Waals surface area contributed by atoms with Gasteiger partial charge in [0.25, 0.3) is 0 Å². The molecule has 2 fully saturated rings. The van der Waals surface area contributed by atoms with Crippen LogP contribution in [0.3, 0.4) is 0 Å². The minimum absolute atomic E-state index is 0.0135. The van der Waals surface area contributed by atoms with Crippen LogP contribution in [0.5, 0.6) is 0 Å². The van der Waals surface area contributed by atoms with Gasteiger partial charge in [-0.15, -0.1) is 0 Å². The van der Waals surface area contributed by atoms with Crippen molar-refractivity contribution in [2.75, 3.05) is 19.7 Å². The molecule has 0 radical (unpaired) electrons. The van der Waals surface area contributed by atoms with Crippen molar-refractivity contribution in [1.29, 1.82) is 0 Å². The summed E-state index contributed by atoms with van der Waals surface area (Å²) in [7, 11) is 0. The topological polar surface area (TPSA) is 67.9 Å². The number of likely N-dealkylation sites (tertiary alicyclic amines) is 1.